The zero-order chi connectivity index (χ0) is 28.8. The molecule has 1 amide bonds. The molecule has 0 saturated carbocycles. The highest BCUT2D eigenvalue weighted by molar-refractivity contribution is 6.31. The molecule has 6 nitrogen and oxygen atoms in total. The summed E-state index contributed by atoms with van der Waals surface area (Å²) in [6, 6.07) is 30.7. The number of nitrogens with zero attached hydrogens (tertiary/aromatic N) is 1. The van der Waals surface area contributed by atoms with Crippen LogP contribution < -0.4 is 15.8 Å². The molecule has 1 atom stereocenters. The van der Waals surface area contributed by atoms with Gasteiger partial charge in [-0.25, -0.2) is 0 Å². The largest absolute Gasteiger partial charge is 0.489 e. The summed E-state index contributed by atoms with van der Waals surface area (Å²) in [7, 11) is 0. The Hall–Kier alpha value is -3.81. The minimum Gasteiger partial charge on any atom is -0.489 e. The highest BCUT2D eigenvalue weighted by Gasteiger charge is 2.39. The number of rotatable bonds is 10. The summed E-state index contributed by atoms with van der Waals surface area (Å²) < 4.78 is 12.6. The zero-order valence-electron chi connectivity index (χ0n) is 22.6. The highest BCUT2D eigenvalue weighted by atomic mass is 35.5. The number of hydrogen-bond acceptors (Lipinski definition) is 5. The fraction of sp³-hybridized carbons (Fsp3) is 0.182. The smallest absolute Gasteiger partial charge is 0.240 e. The van der Waals surface area contributed by atoms with Crippen LogP contribution >= 0.6 is 23.2 Å². The minimum atomic E-state index is -1.08. The summed E-state index contributed by atoms with van der Waals surface area (Å²) in [5.41, 5.74) is 9.83. The average Bonchev–Trinajstić information content (AvgIpc) is 2.99. The number of nitrogens with one attached hydrogen (secondary N) is 1. The van der Waals surface area contributed by atoms with Crippen molar-refractivity contribution in [1.29, 1.82) is 0 Å². The molecule has 5 rings (SSSR count). The van der Waals surface area contributed by atoms with Gasteiger partial charge in [-0.1, -0.05) is 89.9 Å². The lowest BCUT2D eigenvalue weighted by molar-refractivity contribution is -0.130. The van der Waals surface area contributed by atoms with Crippen LogP contribution in [0.5, 0.6) is 5.75 Å². The van der Waals surface area contributed by atoms with E-state index >= 15 is 0 Å². The van der Waals surface area contributed by atoms with Crippen molar-refractivity contribution in [3.05, 3.63) is 135 Å². The monoisotopic (exact) mass is 587 g/mol. The van der Waals surface area contributed by atoms with Crippen molar-refractivity contribution in [2.75, 3.05) is 11.9 Å². The van der Waals surface area contributed by atoms with Gasteiger partial charge < -0.3 is 25.4 Å². The number of anilines is 1. The van der Waals surface area contributed by atoms with Gasteiger partial charge in [0.1, 0.15) is 12.4 Å². The van der Waals surface area contributed by atoms with Crippen molar-refractivity contribution in [2.45, 2.75) is 32.4 Å². The molecule has 0 saturated heterocycles. The number of halogens is 2. The van der Waals surface area contributed by atoms with Crippen molar-refractivity contribution < 1.29 is 14.3 Å². The molecule has 0 fully saturated rings. The van der Waals surface area contributed by atoms with Crippen LogP contribution in [0.1, 0.15) is 29.2 Å². The van der Waals surface area contributed by atoms with Gasteiger partial charge >= 0.3 is 0 Å². The number of fused-ring (bicyclic) bond motifs is 1. The summed E-state index contributed by atoms with van der Waals surface area (Å²) >= 11 is 12.7. The molecule has 4 aromatic rings. The average molecular weight is 589 g/mol. The second-order valence-electron chi connectivity index (χ2n) is 9.87. The Bertz CT molecular complexity index is 1560. The molecule has 1 unspecified atom stereocenters. The molecule has 1 aliphatic heterocycles. The lowest BCUT2D eigenvalue weighted by Crippen LogP contribution is -2.50. The summed E-state index contributed by atoms with van der Waals surface area (Å²) in [6.45, 7) is 2.63. The minimum absolute atomic E-state index is 0.154. The van der Waals surface area contributed by atoms with Gasteiger partial charge in [0.05, 0.1) is 25.4 Å². The van der Waals surface area contributed by atoms with Crippen LogP contribution in [0.3, 0.4) is 0 Å². The Labute approximate surface area is 250 Å². The summed E-state index contributed by atoms with van der Waals surface area (Å²) in [5, 5.41) is 4.78. The number of carbonyl (C=O) groups is 1. The molecule has 0 spiro atoms. The van der Waals surface area contributed by atoms with Gasteiger partial charge in [-0.2, -0.15) is 0 Å². The van der Waals surface area contributed by atoms with Crippen LogP contribution in [0.25, 0.3) is 6.08 Å². The van der Waals surface area contributed by atoms with Gasteiger partial charge in [0.2, 0.25) is 5.91 Å². The van der Waals surface area contributed by atoms with E-state index in [0.717, 1.165) is 27.9 Å². The van der Waals surface area contributed by atoms with E-state index < -0.39 is 5.72 Å². The van der Waals surface area contributed by atoms with Crippen molar-refractivity contribution in [1.82, 2.24) is 4.90 Å². The van der Waals surface area contributed by atoms with E-state index in [-0.39, 0.29) is 19.1 Å². The molecule has 8 heteroatoms. The van der Waals surface area contributed by atoms with Crippen LogP contribution in [-0.2, 0) is 29.3 Å². The highest BCUT2D eigenvalue weighted by Crippen LogP contribution is 2.39. The summed E-state index contributed by atoms with van der Waals surface area (Å²) in [5.74, 6) is 0.436. The first-order valence-corrected chi connectivity index (χ1v) is 14.0. The van der Waals surface area contributed by atoms with Gasteiger partial charge in [0.15, 0.2) is 5.72 Å². The van der Waals surface area contributed by atoms with Gasteiger partial charge in [0.25, 0.3) is 0 Å². The van der Waals surface area contributed by atoms with Gasteiger partial charge in [0, 0.05) is 26.9 Å². The van der Waals surface area contributed by atoms with E-state index in [9.17, 15) is 4.79 Å². The third kappa shape index (κ3) is 6.75. The van der Waals surface area contributed by atoms with Crippen LogP contribution in [0, 0.1) is 0 Å². The van der Waals surface area contributed by atoms with Crippen LogP contribution in [0.4, 0.5) is 5.69 Å². The zero-order valence-corrected chi connectivity index (χ0v) is 24.2. The number of nitrogens with two attached hydrogens (primary N) is 1. The quantitative estimate of drug-likeness (QED) is 0.204. The second kappa shape index (κ2) is 12.8. The van der Waals surface area contributed by atoms with Gasteiger partial charge in [-0.3, -0.25) is 4.79 Å². The molecule has 210 valence electrons. The number of amides is 1. The molecule has 3 N–H and O–H groups in total. The maximum Gasteiger partial charge on any atom is 0.240 e. The third-order valence-corrected chi connectivity index (χ3v) is 7.69. The fourth-order valence-electron chi connectivity index (χ4n) is 4.71. The van der Waals surface area contributed by atoms with E-state index in [1.54, 1.807) is 4.90 Å². The molecule has 0 bridgehead atoms. The van der Waals surface area contributed by atoms with E-state index in [1.165, 1.54) is 0 Å². The van der Waals surface area contributed by atoms with Crippen LogP contribution in [0.2, 0.25) is 10.0 Å². The number of hydrogen-bond donors (Lipinski definition) is 2. The van der Waals surface area contributed by atoms with E-state index in [4.69, 9.17) is 38.4 Å². The second-order valence-corrected chi connectivity index (χ2v) is 10.7. The van der Waals surface area contributed by atoms with Crippen molar-refractivity contribution in [3.8, 4) is 5.75 Å². The molecule has 1 heterocycles. The van der Waals surface area contributed by atoms with E-state index in [2.05, 4.69) is 5.32 Å². The predicted octanol–water partition coefficient (Wildman–Crippen LogP) is 7.26. The maximum absolute atomic E-state index is 13.3. The Morgan fingerprint density at radius 2 is 1.51 bits per heavy atom. The lowest BCUT2D eigenvalue weighted by Gasteiger charge is -2.42. The Kier molecular flexibility index (Phi) is 8.96. The molecular formula is C33H31Cl2N3O3. The van der Waals surface area contributed by atoms with Crippen LogP contribution in [0.15, 0.2) is 103 Å². The first kappa shape index (κ1) is 28.7. The SMILES string of the molecule is CC1(OCc2ccccc2Cl)Nc2ccc(OCc3ccccc3Cl)cc2C=C1N(Cc1ccccc1)C(=O)CN. The Balaban J connectivity index is 1.50. The maximum atomic E-state index is 13.3. The molecule has 41 heavy (non-hydrogen) atoms. The van der Waals surface area contributed by atoms with Crippen LogP contribution in [-0.4, -0.2) is 23.1 Å². The Morgan fingerprint density at radius 3 is 2.17 bits per heavy atom. The molecular weight excluding hydrogens is 557 g/mol. The molecule has 4 aromatic carbocycles. The topological polar surface area (TPSA) is 76.8 Å². The standard InChI is InChI=1S/C33H31Cl2N3O3/c1-33(41-22-25-12-6-8-14-29(25)35)31(38(32(39)19-36)20-23-9-3-2-4-10-23)18-26-17-27(15-16-30(26)37-33)40-21-24-11-5-7-13-28(24)34/h2-18,37H,19-22,36H2,1H3. The van der Waals surface area contributed by atoms with Crippen molar-refractivity contribution >= 4 is 40.9 Å². The van der Waals surface area contributed by atoms with Gasteiger partial charge in [-0.05, 0) is 54.5 Å². The molecule has 0 aromatic heterocycles. The lowest BCUT2D eigenvalue weighted by atomic mass is 9.98. The van der Waals surface area contributed by atoms with E-state index in [1.807, 2.05) is 110 Å². The summed E-state index contributed by atoms with van der Waals surface area (Å²) in [6.07, 6.45) is 1.96. The fourth-order valence-corrected chi connectivity index (χ4v) is 5.09. The van der Waals surface area contributed by atoms with Gasteiger partial charge in [-0.15, -0.1) is 0 Å². The Morgan fingerprint density at radius 1 is 0.878 bits per heavy atom. The molecule has 0 aliphatic carbocycles. The molecule has 0 radical (unpaired) electrons. The first-order chi connectivity index (χ1) is 19.9. The number of carbonyl (C=O) groups excluding carboxylic acids is 1. The van der Waals surface area contributed by atoms with E-state index in [0.29, 0.717) is 34.6 Å². The first-order valence-electron chi connectivity index (χ1n) is 13.3. The third-order valence-electron chi connectivity index (χ3n) is 6.95. The number of benzene rings is 4. The normalized spacial score (nSPS) is 15.9. The summed E-state index contributed by atoms with van der Waals surface area (Å²) in [4.78, 5) is 15.0. The number of ether oxygens (including phenoxy) is 2. The van der Waals surface area contributed by atoms with Crippen molar-refractivity contribution in [2.24, 2.45) is 5.73 Å². The van der Waals surface area contributed by atoms with Crippen molar-refractivity contribution in [3.63, 3.8) is 0 Å². The molecule has 1 aliphatic rings. The predicted molar refractivity (Wildman–Crippen MR) is 165 cm³/mol.